The first kappa shape index (κ1) is 17.4. The maximum absolute atomic E-state index is 4.44. The van der Waals surface area contributed by atoms with Crippen molar-refractivity contribution < 1.29 is 0 Å². The Balaban J connectivity index is 1.84. The number of hydrogen-bond acceptors (Lipinski definition) is 1. The Hall–Kier alpha value is -3.71. The van der Waals surface area contributed by atoms with Crippen LogP contribution in [0.5, 0.6) is 0 Å². The fourth-order valence-electron chi connectivity index (χ4n) is 4.02. The predicted octanol–water partition coefficient (Wildman–Crippen LogP) is 7.53. The topological polar surface area (TPSA) is 12.9 Å². The van der Waals surface area contributed by atoms with Crippen LogP contribution >= 0.6 is 0 Å². The molecule has 0 aliphatic rings. The van der Waals surface area contributed by atoms with E-state index in [1.54, 1.807) is 0 Å². The van der Waals surface area contributed by atoms with Crippen LogP contribution in [0.15, 0.2) is 97.2 Å². The number of rotatable bonds is 3. The van der Waals surface area contributed by atoms with Crippen LogP contribution in [0.4, 0.5) is 0 Å². The highest BCUT2D eigenvalue weighted by Crippen LogP contribution is 2.39. The largest absolute Gasteiger partial charge is 0.257 e. The zero-order valence-electron chi connectivity index (χ0n) is 16.3. The van der Waals surface area contributed by atoms with Gasteiger partial charge in [-0.05, 0) is 63.4 Å². The van der Waals surface area contributed by atoms with Crippen molar-refractivity contribution in [1.82, 2.24) is 4.98 Å². The lowest BCUT2D eigenvalue weighted by Crippen LogP contribution is -1.90. The zero-order chi connectivity index (χ0) is 19.6. The summed E-state index contributed by atoms with van der Waals surface area (Å²) >= 11 is 0. The Bertz CT molecular complexity index is 1270. The molecule has 0 saturated heterocycles. The molecule has 29 heavy (non-hydrogen) atoms. The Morgan fingerprint density at radius 2 is 1.17 bits per heavy atom. The van der Waals surface area contributed by atoms with Crippen LogP contribution in [0.2, 0.25) is 0 Å². The molecule has 5 rings (SSSR count). The molecule has 1 nitrogen and oxygen atoms in total. The third-order valence-corrected chi connectivity index (χ3v) is 5.42. The number of aromatic nitrogens is 1. The smallest absolute Gasteiger partial charge is 0.0629 e. The molecule has 1 heterocycles. The van der Waals surface area contributed by atoms with E-state index in [1.165, 1.54) is 43.8 Å². The first-order valence-electron chi connectivity index (χ1n) is 9.91. The van der Waals surface area contributed by atoms with E-state index in [0.29, 0.717) is 0 Å². The molecular formula is C28H21N. The van der Waals surface area contributed by atoms with Crippen molar-refractivity contribution >= 4 is 33.7 Å². The summed E-state index contributed by atoms with van der Waals surface area (Å²) in [5, 5.41) is 5.06. The molecule has 138 valence electrons. The highest BCUT2D eigenvalue weighted by molar-refractivity contribution is 6.18. The minimum atomic E-state index is 0.961. The van der Waals surface area contributed by atoms with Gasteiger partial charge in [-0.1, -0.05) is 90.5 Å². The van der Waals surface area contributed by atoms with Crippen LogP contribution in [-0.2, 0) is 0 Å². The normalized spacial score (nSPS) is 11.5. The van der Waals surface area contributed by atoms with Gasteiger partial charge in [-0.2, -0.15) is 0 Å². The molecule has 4 aromatic carbocycles. The third-order valence-electron chi connectivity index (χ3n) is 5.42. The Morgan fingerprint density at radius 1 is 0.586 bits per heavy atom. The van der Waals surface area contributed by atoms with Gasteiger partial charge in [0, 0.05) is 6.20 Å². The summed E-state index contributed by atoms with van der Waals surface area (Å²) in [7, 11) is 0. The summed E-state index contributed by atoms with van der Waals surface area (Å²) in [5.41, 5.74) is 6.02. The number of fused-ring (bicyclic) bond motifs is 2. The summed E-state index contributed by atoms with van der Waals surface area (Å²) in [6.45, 7) is 2.13. The highest BCUT2D eigenvalue weighted by atomic mass is 14.6. The van der Waals surface area contributed by atoms with Crippen molar-refractivity contribution in [2.75, 3.05) is 0 Å². The van der Waals surface area contributed by atoms with Gasteiger partial charge < -0.3 is 0 Å². The average molecular weight is 371 g/mol. The van der Waals surface area contributed by atoms with E-state index in [4.69, 9.17) is 0 Å². The average Bonchev–Trinajstić information content (AvgIpc) is 2.78. The van der Waals surface area contributed by atoms with Crippen molar-refractivity contribution in [3.05, 3.63) is 114 Å². The summed E-state index contributed by atoms with van der Waals surface area (Å²) in [6.07, 6.45) is 6.13. The van der Waals surface area contributed by atoms with Crippen LogP contribution in [0.1, 0.15) is 16.8 Å². The van der Waals surface area contributed by atoms with Crippen molar-refractivity contribution in [2.24, 2.45) is 0 Å². The first-order chi connectivity index (χ1) is 14.3. The van der Waals surface area contributed by atoms with Crippen molar-refractivity contribution in [3.63, 3.8) is 0 Å². The van der Waals surface area contributed by atoms with Gasteiger partial charge in [0.1, 0.15) is 0 Å². The molecule has 5 aromatic rings. The molecule has 0 aliphatic heterocycles. The molecule has 0 atom stereocenters. The molecule has 0 unspecified atom stereocenters. The monoisotopic (exact) mass is 371 g/mol. The second-order valence-electron chi connectivity index (χ2n) is 7.33. The van der Waals surface area contributed by atoms with E-state index < -0.39 is 0 Å². The lowest BCUT2D eigenvalue weighted by Gasteiger charge is -2.15. The predicted molar refractivity (Wildman–Crippen MR) is 125 cm³/mol. The van der Waals surface area contributed by atoms with E-state index in [1.807, 2.05) is 24.4 Å². The molecule has 0 N–H and O–H groups in total. The lowest BCUT2D eigenvalue weighted by molar-refractivity contribution is 1.30. The second-order valence-corrected chi connectivity index (χ2v) is 7.33. The summed E-state index contributed by atoms with van der Waals surface area (Å²) < 4.78 is 0. The molecule has 1 heteroatoms. The van der Waals surface area contributed by atoms with Gasteiger partial charge in [0.2, 0.25) is 0 Å². The van der Waals surface area contributed by atoms with Crippen LogP contribution < -0.4 is 0 Å². The van der Waals surface area contributed by atoms with Gasteiger partial charge in [0.05, 0.1) is 5.69 Å². The molecule has 0 radical (unpaired) electrons. The van der Waals surface area contributed by atoms with Crippen molar-refractivity contribution in [1.29, 1.82) is 0 Å². The van der Waals surface area contributed by atoms with Gasteiger partial charge in [-0.25, -0.2) is 0 Å². The molecule has 1 aromatic heterocycles. The molecule has 0 amide bonds. The number of pyridine rings is 1. The van der Waals surface area contributed by atoms with Crippen molar-refractivity contribution in [3.8, 4) is 11.1 Å². The highest BCUT2D eigenvalue weighted by Gasteiger charge is 2.13. The van der Waals surface area contributed by atoms with E-state index in [0.717, 1.165) is 5.69 Å². The molecule has 0 bridgehead atoms. The van der Waals surface area contributed by atoms with E-state index in [-0.39, 0.29) is 0 Å². The molecule has 0 aliphatic carbocycles. The van der Waals surface area contributed by atoms with Gasteiger partial charge in [-0.15, -0.1) is 0 Å². The van der Waals surface area contributed by atoms with E-state index in [2.05, 4.69) is 96.9 Å². The minimum absolute atomic E-state index is 0.961. The molecule has 0 fully saturated rings. The lowest BCUT2D eigenvalue weighted by atomic mass is 9.88. The summed E-state index contributed by atoms with van der Waals surface area (Å²) in [4.78, 5) is 4.44. The quantitative estimate of drug-likeness (QED) is 0.299. The van der Waals surface area contributed by atoms with Crippen LogP contribution in [-0.4, -0.2) is 4.98 Å². The molecular weight excluding hydrogens is 350 g/mol. The molecule has 0 saturated carbocycles. The van der Waals surface area contributed by atoms with Crippen LogP contribution in [0.3, 0.4) is 0 Å². The van der Waals surface area contributed by atoms with Gasteiger partial charge >= 0.3 is 0 Å². The Morgan fingerprint density at radius 3 is 1.76 bits per heavy atom. The van der Waals surface area contributed by atoms with E-state index >= 15 is 0 Å². The fraction of sp³-hybridized carbons (Fsp3) is 0.0357. The maximum atomic E-state index is 4.44. The standard InChI is InChI=1S/C28H21N/c1-20-13-15-21(16-14-20)28-26-11-4-2-9-23(26)25(24-10-3-5-12-27(24)28)18-17-22-8-6-7-19-29-22/h2-19H,1H3/b18-17+. The minimum Gasteiger partial charge on any atom is -0.257 e. The fourth-order valence-corrected chi connectivity index (χ4v) is 4.02. The maximum Gasteiger partial charge on any atom is 0.0629 e. The number of benzene rings is 4. The number of hydrogen-bond donors (Lipinski definition) is 0. The second kappa shape index (κ2) is 7.37. The van der Waals surface area contributed by atoms with Gasteiger partial charge in [0.25, 0.3) is 0 Å². The number of nitrogens with zero attached hydrogens (tertiary/aromatic N) is 1. The van der Waals surface area contributed by atoms with Crippen molar-refractivity contribution in [2.45, 2.75) is 6.92 Å². The Kier molecular flexibility index (Phi) is 4.42. The summed E-state index contributed by atoms with van der Waals surface area (Å²) in [6, 6.07) is 32.2. The zero-order valence-corrected chi connectivity index (χ0v) is 16.3. The first-order valence-corrected chi connectivity index (χ1v) is 9.91. The van der Waals surface area contributed by atoms with Crippen LogP contribution in [0.25, 0.3) is 44.8 Å². The number of aryl methyl sites for hydroxylation is 1. The SMILES string of the molecule is Cc1ccc(-c2c3ccccc3c(/C=C/c3ccccn3)c3ccccc23)cc1. The van der Waals surface area contributed by atoms with E-state index in [9.17, 15) is 0 Å². The van der Waals surface area contributed by atoms with Gasteiger partial charge in [-0.3, -0.25) is 4.98 Å². The van der Waals surface area contributed by atoms with Crippen LogP contribution in [0, 0.1) is 6.92 Å². The third kappa shape index (κ3) is 3.21. The Labute approximate surface area is 171 Å². The molecule has 0 spiro atoms. The van der Waals surface area contributed by atoms with Gasteiger partial charge in [0.15, 0.2) is 0 Å². The summed E-state index contributed by atoms with van der Waals surface area (Å²) in [5.74, 6) is 0.